The number of H-pyrrole nitrogens is 2. The van der Waals surface area contributed by atoms with Crippen molar-refractivity contribution in [2.24, 2.45) is 0 Å². The number of aromatic amines is 2. The minimum absolute atomic E-state index is 0.0303. The number of ether oxygens (including phenoxy) is 1. The maximum atomic E-state index is 13.6. The molecule has 53 heavy (non-hydrogen) atoms. The van der Waals surface area contributed by atoms with Gasteiger partial charge in [-0.2, -0.15) is 0 Å². The molecule has 3 atom stereocenters. The second-order valence-electron chi connectivity index (χ2n) is 13.0. The van der Waals surface area contributed by atoms with Crippen LogP contribution in [0.3, 0.4) is 0 Å². The Balaban J connectivity index is 1.09. The lowest BCUT2D eigenvalue weighted by molar-refractivity contribution is -0.134. The second kappa shape index (κ2) is 16.2. The first kappa shape index (κ1) is 36.3. The number of carbonyl (C=O) groups excluding carboxylic acids is 3. The Bertz CT molecular complexity index is 2150. The van der Waals surface area contributed by atoms with Gasteiger partial charge in [0, 0.05) is 14.1 Å². The third kappa shape index (κ3) is 8.36. The molecule has 6 rings (SSSR count). The van der Waals surface area contributed by atoms with Crippen molar-refractivity contribution >= 4 is 17.9 Å². The van der Waals surface area contributed by atoms with E-state index in [1.165, 1.54) is 7.11 Å². The molecule has 11 nitrogen and oxygen atoms in total. The highest BCUT2D eigenvalue weighted by Crippen LogP contribution is 2.29. The molecule has 4 aromatic carbocycles. The van der Waals surface area contributed by atoms with Crippen molar-refractivity contribution in [2.75, 3.05) is 21.2 Å². The van der Waals surface area contributed by atoms with Gasteiger partial charge in [0.2, 0.25) is 11.8 Å². The van der Waals surface area contributed by atoms with E-state index in [2.05, 4.69) is 61.7 Å². The summed E-state index contributed by atoms with van der Waals surface area (Å²) in [5, 5.41) is 2.65. The predicted molar refractivity (Wildman–Crippen MR) is 204 cm³/mol. The number of benzene rings is 4. The summed E-state index contributed by atoms with van der Waals surface area (Å²) in [7, 11) is 4.76. The van der Waals surface area contributed by atoms with E-state index in [4.69, 9.17) is 4.74 Å². The maximum Gasteiger partial charge on any atom is 0.407 e. The third-order valence-electron chi connectivity index (χ3n) is 9.64. The molecular weight excluding hydrogens is 667 g/mol. The average molecular weight is 710 g/mol. The van der Waals surface area contributed by atoms with E-state index < -0.39 is 18.2 Å². The molecule has 0 bridgehead atoms. The molecule has 2 aromatic heterocycles. The molecule has 0 aliphatic rings. The van der Waals surface area contributed by atoms with Crippen LogP contribution < -0.4 is 5.32 Å². The Morgan fingerprint density at radius 3 is 1.60 bits per heavy atom. The second-order valence-corrected chi connectivity index (χ2v) is 13.0. The van der Waals surface area contributed by atoms with Gasteiger partial charge in [0.1, 0.15) is 17.7 Å². The molecule has 6 aromatic rings. The van der Waals surface area contributed by atoms with Gasteiger partial charge in [0.05, 0.1) is 49.4 Å². The number of nitrogens with zero attached hydrogens (tertiary/aromatic N) is 4. The number of aromatic nitrogens is 4. The fourth-order valence-electron chi connectivity index (χ4n) is 6.06. The standard InChI is InChI=1S/C42H43N7O4/c1-27(48(3)37(50)24-29-12-8-6-9-13-29)39-43-25-35(45-39)32-20-16-30(17-21-32)31-18-22-33(23-19-31)36-26-44-40(46-36)28(2)49(4)41(51)38(47-42(52)53-5)34-14-10-7-11-15-34/h6-23,25-28,38H,24H2,1-5H3,(H,43,45)(H,44,46)(H,47,52)/t27-,28-,38+/m0/s1. The molecule has 0 unspecified atom stereocenters. The highest BCUT2D eigenvalue weighted by atomic mass is 16.5. The van der Waals surface area contributed by atoms with Crippen molar-refractivity contribution in [3.63, 3.8) is 0 Å². The van der Waals surface area contributed by atoms with Crippen LogP contribution in [0.25, 0.3) is 33.6 Å². The molecular formula is C42H43N7O4. The van der Waals surface area contributed by atoms with Gasteiger partial charge in [-0.25, -0.2) is 14.8 Å². The molecule has 270 valence electrons. The molecule has 11 heteroatoms. The lowest BCUT2D eigenvalue weighted by atomic mass is 10.0. The van der Waals surface area contributed by atoms with E-state index in [0.717, 1.165) is 45.0 Å². The van der Waals surface area contributed by atoms with Crippen LogP contribution in [0.1, 0.15) is 54.7 Å². The van der Waals surface area contributed by atoms with Crippen molar-refractivity contribution in [1.29, 1.82) is 0 Å². The molecule has 3 amide bonds. The first-order valence-corrected chi connectivity index (χ1v) is 17.4. The number of likely N-dealkylation sites (N-methyl/N-ethyl adjacent to an activating group) is 2. The van der Waals surface area contributed by atoms with Crippen molar-refractivity contribution < 1.29 is 19.1 Å². The van der Waals surface area contributed by atoms with Crippen LogP contribution in [-0.2, 0) is 20.7 Å². The zero-order valence-electron chi connectivity index (χ0n) is 30.4. The van der Waals surface area contributed by atoms with Gasteiger partial charge in [-0.1, -0.05) is 109 Å². The van der Waals surface area contributed by atoms with Crippen LogP contribution in [0.15, 0.2) is 122 Å². The smallest absolute Gasteiger partial charge is 0.407 e. The molecule has 3 N–H and O–H groups in total. The summed E-state index contributed by atoms with van der Waals surface area (Å²) < 4.78 is 4.77. The number of amides is 3. The van der Waals surface area contributed by atoms with E-state index in [9.17, 15) is 14.4 Å². The minimum atomic E-state index is -0.915. The number of methoxy groups -OCH3 is 1. The minimum Gasteiger partial charge on any atom is -0.453 e. The Labute approximate surface area is 309 Å². The summed E-state index contributed by atoms with van der Waals surface area (Å²) in [5.41, 5.74) is 7.39. The Morgan fingerprint density at radius 1 is 0.660 bits per heavy atom. The summed E-state index contributed by atoms with van der Waals surface area (Å²) in [6.07, 6.45) is 3.21. The van der Waals surface area contributed by atoms with Crippen LogP contribution in [-0.4, -0.2) is 68.8 Å². The fourth-order valence-corrected chi connectivity index (χ4v) is 6.06. The molecule has 0 fully saturated rings. The van der Waals surface area contributed by atoms with Crippen LogP contribution in [0.4, 0.5) is 4.79 Å². The maximum absolute atomic E-state index is 13.6. The van der Waals surface area contributed by atoms with Crippen molar-refractivity contribution in [2.45, 2.75) is 38.4 Å². The van der Waals surface area contributed by atoms with Gasteiger partial charge in [-0.3, -0.25) is 9.59 Å². The van der Waals surface area contributed by atoms with E-state index in [-0.39, 0.29) is 17.9 Å². The molecule has 0 aliphatic heterocycles. The Morgan fingerprint density at radius 2 is 1.11 bits per heavy atom. The highest BCUT2D eigenvalue weighted by Gasteiger charge is 2.30. The van der Waals surface area contributed by atoms with Crippen molar-refractivity contribution in [3.05, 3.63) is 144 Å². The number of alkyl carbamates (subject to hydrolysis) is 1. The molecule has 2 heterocycles. The number of hydrogen-bond acceptors (Lipinski definition) is 6. The number of rotatable bonds is 12. The summed E-state index contributed by atoms with van der Waals surface area (Å²) in [6.45, 7) is 3.85. The SMILES string of the molecule is COC(=O)N[C@@H](C(=O)N(C)[C@@H](C)c1ncc(-c2ccc(-c3ccc(-c4cnc([C@H](C)N(C)C(=O)Cc5ccccc5)[nH]4)cc3)cc2)[nH]1)c1ccccc1. The zero-order valence-corrected chi connectivity index (χ0v) is 30.4. The summed E-state index contributed by atoms with van der Waals surface area (Å²) >= 11 is 0. The topological polar surface area (TPSA) is 136 Å². The Hall–Kier alpha value is -6.49. The number of nitrogens with one attached hydrogen (secondary N) is 3. The van der Waals surface area contributed by atoms with Gasteiger partial charge in [-0.05, 0) is 47.2 Å². The largest absolute Gasteiger partial charge is 0.453 e. The normalized spacial score (nSPS) is 12.7. The lowest BCUT2D eigenvalue weighted by Gasteiger charge is -2.28. The average Bonchev–Trinajstić information content (AvgIpc) is 3.91. The van der Waals surface area contributed by atoms with Gasteiger partial charge >= 0.3 is 6.09 Å². The number of hydrogen-bond donors (Lipinski definition) is 3. The number of imidazole rings is 2. The van der Waals surface area contributed by atoms with E-state index in [1.54, 1.807) is 41.4 Å². The third-order valence-corrected chi connectivity index (χ3v) is 9.64. The summed E-state index contributed by atoms with van der Waals surface area (Å²) in [4.78, 5) is 57.8. The fraction of sp³-hybridized carbons (Fsp3) is 0.214. The van der Waals surface area contributed by atoms with Crippen LogP contribution in [0.5, 0.6) is 0 Å². The van der Waals surface area contributed by atoms with Crippen LogP contribution >= 0.6 is 0 Å². The van der Waals surface area contributed by atoms with E-state index in [0.29, 0.717) is 17.8 Å². The molecule has 0 spiro atoms. The first-order chi connectivity index (χ1) is 25.6. The highest BCUT2D eigenvalue weighted by molar-refractivity contribution is 5.87. The van der Waals surface area contributed by atoms with Crippen LogP contribution in [0.2, 0.25) is 0 Å². The zero-order chi connectivity index (χ0) is 37.5. The summed E-state index contributed by atoms with van der Waals surface area (Å²) in [5.74, 6) is 1.07. The van der Waals surface area contributed by atoms with Crippen molar-refractivity contribution in [3.8, 4) is 33.6 Å². The Kier molecular flexibility index (Phi) is 11.1. The lowest BCUT2D eigenvalue weighted by Crippen LogP contribution is -2.42. The van der Waals surface area contributed by atoms with Gasteiger partial charge in [0.25, 0.3) is 0 Å². The molecule has 0 radical (unpaired) electrons. The van der Waals surface area contributed by atoms with E-state index >= 15 is 0 Å². The van der Waals surface area contributed by atoms with Gasteiger partial charge in [-0.15, -0.1) is 0 Å². The predicted octanol–water partition coefficient (Wildman–Crippen LogP) is 7.51. The molecule has 0 aliphatic carbocycles. The quantitative estimate of drug-likeness (QED) is 0.120. The first-order valence-electron chi connectivity index (χ1n) is 17.4. The van der Waals surface area contributed by atoms with E-state index in [1.807, 2.05) is 81.6 Å². The van der Waals surface area contributed by atoms with Gasteiger partial charge in [0.15, 0.2) is 0 Å². The molecule has 0 saturated heterocycles. The van der Waals surface area contributed by atoms with Gasteiger partial charge < -0.3 is 29.8 Å². The van der Waals surface area contributed by atoms with Crippen molar-refractivity contribution in [1.82, 2.24) is 35.1 Å². The summed E-state index contributed by atoms with van der Waals surface area (Å²) in [6, 6.07) is 33.7. The number of carbonyl (C=O) groups is 3. The van der Waals surface area contributed by atoms with Crippen LogP contribution in [0, 0.1) is 0 Å². The molecule has 0 saturated carbocycles. The monoisotopic (exact) mass is 709 g/mol.